The molecule has 3 N–H and O–H groups in total. The number of nitrogens with one attached hydrogen (secondary N) is 2. The summed E-state index contributed by atoms with van der Waals surface area (Å²) in [5.41, 5.74) is -0.475. The van der Waals surface area contributed by atoms with E-state index in [4.69, 9.17) is 0 Å². The molecule has 1 amide bonds. The summed E-state index contributed by atoms with van der Waals surface area (Å²) in [6.45, 7) is 1.18. The van der Waals surface area contributed by atoms with Crippen LogP contribution in [0.5, 0.6) is 5.88 Å². The van der Waals surface area contributed by atoms with E-state index in [1.807, 2.05) is 19.0 Å². The van der Waals surface area contributed by atoms with Gasteiger partial charge in [-0.3, -0.25) is 9.59 Å². The predicted octanol–water partition coefficient (Wildman–Crippen LogP) is 2.33. The normalized spacial score (nSPS) is 13.0. The van der Waals surface area contributed by atoms with Gasteiger partial charge in [0.15, 0.2) is 10.7 Å². The maximum Gasteiger partial charge on any atom is 0.268 e. The molecule has 9 nitrogen and oxygen atoms in total. The van der Waals surface area contributed by atoms with Crippen molar-refractivity contribution in [2.45, 2.75) is 5.16 Å². The number of anilines is 1. The number of H-pyrrole nitrogens is 1. The molecular formula is C18H19FN6O3S. The van der Waals surface area contributed by atoms with Gasteiger partial charge in [-0.25, -0.2) is 4.39 Å². The maximum absolute atomic E-state index is 14.4. The molecule has 0 saturated carbocycles. The number of aromatic hydroxyl groups is 1. The fourth-order valence-corrected chi connectivity index (χ4v) is 3.43. The first-order valence-electron chi connectivity index (χ1n) is 8.65. The Balaban J connectivity index is 1.75. The first kappa shape index (κ1) is 20.7. The fraction of sp³-hybridized carbons (Fsp3) is 0.278. The van der Waals surface area contributed by atoms with E-state index >= 15 is 0 Å². The number of halogens is 1. The van der Waals surface area contributed by atoms with Gasteiger partial charge in [-0.2, -0.15) is 15.2 Å². The van der Waals surface area contributed by atoms with Crippen molar-refractivity contribution in [1.29, 1.82) is 0 Å². The summed E-state index contributed by atoms with van der Waals surface area (Å²) < 4.78 is 14.4. The number of benzene rings is 1. The SMILES string of the molecule is CN(C)CCSc1nc(O)c(C(=O)Nc2ccc(C3=CCN=N3)cc2F)c(=O)[nH]1. The smallest absolute Gasteiger partial charge is 0.268 e. The van der Waals surface area contributed by atoms with Crippen LogP contribution in [0.15, 0.2) is 44.5 Å². The van der Waals surface area contributed by atoms with Gasteiger partial charge in [-0.05, 0) is 32.3 Å². The highest BCUT2D eigenvalue weighted by molar-refractivity contribution is 7.99. The fourth-order valence-electron chi connectivity index (χ4n) is 2.46. The van der Waals surface area contributed by atoms with E-state index in [-0.39, 0.29) is 10.8 Å². The monoisotopic (exact) mass is 418 g/mol. The molecule has 0 fully saturated rings. The molecular weight excluding hydrogens is 399 g/mol. The second-order valence-corrected chi connectivity index (χ2v) is 7.47. The van der Waals surface area contributed by atoms with Gasteiger partial charge in [0.2, 0.25) is 5.88 Å². The number of azo groups is 1. The third-order valence-electron chi connectivity index (χ3n) is 3.94. The van der Waals surface area contributed by atoms with E-state index in [1.54, 1.807) is 12.1 Å². The van der Waals surface area contributed by atoms with Crippen LogP contribution >= 0.6 is 11.8 Å². The van der Waals surface area contributed by atoms with Crippen molar-refractivity contribution in [3.05, 3.63) is 51.6 Å². The molecule has 1 aromatic heterocycles. The Hall–Kier alpha value is -3.05. The number of carbonyl (C=O) groups is 1. The number of aromatic nitrogens is 2. The number of hydrogen-bond donors (Lipinski definition) is 3. The molecule has 0 spiro atoms. The standard InChI is InChI=1S/C18H19FN6O3S/c1-25(2)7-8-29-18-22-16(27)14(17(28)23-18)15(26)21-13-4-3-10(9-11(13)19)12-5-6-20-24-12/h3-5,9H,6-8H2,1-2H3,(H,21,26)(H2,22,23,27,28). The van der Waals surface area contributed by atoms with Gasteiger partial charge in [0.25, 0.3) is 11.5 Å². The highest BCUT2D eigenvalue weighted by atomic mass is 32.2. The highest BCUT2D eigenvalue weighted by Crippen LogP contribution is 2.25. The Kier molecular flexibility index (Phi) is 6.39. The molecule has 2 aromatic rings. The number of aromatic amines is 1. The molecule has 29 heavy (non-hydrogen) atoms. The van der Waals surface area contributed by atoms with Crippen molar-refractivity contribution in [2.24, 2.45) is 10.2 Å². The van der Waals surface area contributed by atoms with Gasteiger partial charge in [-0.1, -0.05) is 17.8 Å². The van der Waals surface area contributed by atoms with Gasteiger partial charge in [-0.15, -0.1) is 0 Å². The van der Waals surface area contributed by atoms with Crippen LogP contribution in [0.2, 0.25) is 0 Å². The zero-order valence-corrected chi connectivity index (χ0v) is 16.6. The molecule has 0 bridgehead atoms. The molecule has 1 aliphatic rings. The van der Waals surface area contributed by atoms with Crippen molar-refractivity contribution in [2.75, 3.05) is 38.3 Å². The molecule has 3 rings (SSSR count). The zero-order valence-electron chi connectivity index (χ0n) is 15.8. The van der Waals surface area contributed by atoms with E-state index in [2.05, 4.69) is 25.5 Å². The Morgan fingerprint density at radius 3 is 2.83 bits per heavy atom. The lowest BCUT2D eigenvalue weighted by atomic mass is 10.1. The maximum atomic E-state index is 14.4. The van der Waals surface area contributed by atoms with Crippen LogP contribution in [0.25, 0.3) is 5.70 Å². The van der Waals surface area contributed by atoms with Gasteiger partial charge in [0.05, 0.1) is 17.9 Å². The minimum Gasteiger partial charge on any atom is -0.493 e. The third-order valence-corrected chi connectivity index (χ3v) is 4.79. The van der Waals surface area contributed by atoms with Crippen LogP contribution in [0.3, 0.4) is 0 Å². The predicted molar refractivity (Wildman–Crippen MR) is 108 cm³/mol. The molecule has 0 atom stereocenters. The summed E-state index contributed by atoms with van der Waals surface area (Å²) in [6.07, 6.45) is 1.74. The number of nitrogens with zero attached hydrogens (tertiary/aromatic N) is 4. The lowest BCUT2D eigenvalue weighted by Gasteiger charge is -2.10. The van der Waals surface area contributed by atoms with E-state index in [0.29, 0.717) is 23.6 Å². The summed E-state index contributed by atoms with van der Waals surface area (Å²) in [4.78, 5) is 32.9. The highest BCUT2D eigenvalue weighted by Gasteiger charge is 2.20. The summed E-state index contributed by atoms with van der Waals surface area (Å²) in [5, 5.41) is 20.2. The quantitative estimate of drug-likeness (QED) is 0.468. The van der Waals surface area contributed by atoms with Crippen LogP contribution in [-0.2, 0) is 0 Å². The second kappa shape index (κ2) is 8.97. The summed E-state index contributed by atoms with van der Waals surface area (Å²) in [7, 11) is 3.81. The van der Waals surface area contributed by atoms with Gasteiger partial charge >= 0.3 is 0 Å². The molecule has 0 radical (unpaired) electrons. The average Bonchev–Trinajstić information content (AvgIpc) is 3.17. The number of rotatable bonds is 7. The van der Waals surface area contributed by atoms with Crippen LogP contribution < -0.4 is 10.9 Å². The topological polar surface area (TPSA) is 123 Å². The Bertz CT molecular complexity index is 1050. The first-order chi connectivity index (χ1) is 13.8. The largest absolute Gasteiger partial charge is 0.493 e. The van der Waals surface area contributed by atoms with Gasteiger partial charge in [0.1, 0.15) is 5.82 Å². The molecule has 0 saturated heterocycles. The Labute approximate surface area is 169 Å². The summed E-state index contributed by atoms with van der Waals surface area (Å²) >= 11 is 1.24. The zero-order chi connectivity index (χ0) is 21.0. The van der Waals surface area contributed by atoms with Crippen LogP contribution in [0.1, 0.15) is 15.9 Å². The van der Waals surface area contributed by atoms with Crippen LogP contribution in [-0.4, -0.2) is 58.8 Å². The number of amides is 1. The van der Waals surface area contributed by atoms with Crippen LogP contribution in [0, 0.1) is 5.82 Å². The molecule has 2 heterocycles. The lowest BCUT2D eigenvalue weighted by molar-refractivity contribution is 0.102. The molecule has 11 heteroatoms. The molecule has 0 unspecified atom stereocenters. The first-order valence-corrected chi connectivity index (χ1v) is 9.63. The minimum absolute atomic E-state index is 0.141. The Morgan fingerprint density at radius 1 is 1.41 bits per heavy atom. The number of thioether (sulfide) groups is 1. The lowest BCUT2D eigenvalue weighted by Crippen LogP contribution is -2.25. The molecule has 152 valence electrons. The Morgan fingerprint density at radius 2 is 2.21 bits per heavy atom. The summed E-state index contributed by atoms with van der Waals surface area (Å²) in [5.74, 6) is -1.76. The average molecular weight is 418 g/mol. The van der Waals surface area contributed by atoms with Gasteiger partial charge in [0, 0.05) is 17.9 Å². The van der Waals surface area contributed by atoms with Crippen LogP contribution in [0.4, 0.5) is 10.1 Å². The molecule has 1 aromatic carbocycles. The second-order valence-electron chi connectivity index (χ2n) is 6.38. The molecule has 1 aliphatic heterocycles. The summed E-state index contributed by atoms with van der Waals surface area (Å²) in [6, 6.07) is 4.13. The van der Waals surface area contributed by atoms with Crippen molar-refractivity contribution in [3.63, 3.8) is 0 Å². The van der Waals surface area contributed by atoms with E-state index in [1.165, 1.54) is 23.9 Å². The van der Waals surface area contributed by atoms with Crippen molar-refractivity contribution in [3.8, 4) is 5.88 Å². The number of carbonyl (C=O) groups excluding carboxylic acids is 1. The van der Waals surface area contributed by atoms with Crippen molar-refractivity contribution < 1.29 is 14.3 Å². The van der Waals surface area contributed by atoms with E-state index in [0.717, 1.165) is 6.54 Å². The molecule has 0 aliphatic carbocycles. The van der Waals surface area contributed by atoms with Crippen molar-refractivity contribution in [1.82, 2.24) is 14.9 Å². The van der Waals surface area contributed by atoms with Crippen molar-refractivity contribution >= 4 is 29.1 Å². The van der Waals surface area contributed by atoms with E-state index < -0.39 is 28.7 Å². The third kappa shape index (κ3) is 5.06. The van der Waals surface area contributed by atoms with E-state index in [9.17, 15) is 19.1 Å². The van der Waals surface area contributed by atoms with Gasteiger partial charge < -0.3 is 20.3 Å². The number of hydrogen-bond acceptors (Lipinski definition) is 8. The minimum atomic E-state index is -0.965.